The Bertz CT molecular complexity index is 559. The number of sulfonamides is 1. The molecule has 0 aromatic heterocycles. The molecule has 0 fully saturated rings. The average Bonchev–Trinajstić information content (AvgIpc) is 2.28. The van der Waals surface area contributed by atoms with E-state index in [2.05, 4.69) is 0 Å². The molecular weight excluding hydrogens is 268 g/mol. The Hall–Kier alpha value is -1.54. The maximum Gasteiger partial charge on any atom is 0.318 e. The minimum absolute atomic E-state index is 0.162. The van der Waals surface area contributed by atoms with Crippen molar-refractivity contribution in [1.29, 1.82) is 0 Å². The number of halogens is 2. The first kappa shape index (κ1) is 14.5. The molecular formula is C10H11F2NO4S. The lowest BCUT2D eigenvalue weighted by atomic mass is 10.3. The second-order valence-corrected chi connectivity index (χ2v) is 5.31. The SMILES string of the molecule is CCN(CC(=O)O)S(=O)(=O)c1cc(F)ccc1F. The van der Waals surface area contributed by atoms with Crippen molar-refractivity contribution < 1.29 is 27.1 Å². The number of aliphatic carboxylic acids is 1. The van der Waals surface area contributed by atoms with Crippen molar-refractivity contribution in [2.75, 3.05) is 13.1 Å². The second kappa shape index (κ2) is 5.40. The molecule has 0 radical (unpaired) electrons. The van der Waals surface area contributed by atoms with Crippen LogP contribution in [0.3, 0.4) is 0 Å². The lowest BCUT2D eigenvalue weighted by Gasteiger charge is -2.18. The molecule has 0 aliphatic carbocycles. The Morgan fingerprint density at radius 1 is 1.39 bits per heavy atom. The molecule has 0 bridgehead atoms. The van der Waals surface area contributed by atoms with Crippen molar-refractivity contribution in [2.24, 2.45) is 0 Å². The van der Waals surface area contributed by atoms with Gasteiger partial charge >= 0.3 is 5.97 Å². The van der Waals surface area contributed by atoms with E-state index in [0.717, 1.165) is 6.07 Å². The molecule has 1 aromatic carbocycles. The van der Waals surface area contributed by atoms with Gasteiger partial charge in [0.05, 0.1) is 0 Å². The molecule has 0 aliphatic heterocycles. The number of likely N-dealkylation sites (N-methyl/N-ethyl adjacent to an activating group) is 1. The van der Waals surface area contributed by atoms with Gasteiger partial charge in [-0.05, 0) is 18.2 Å². The molecule has 0 spiro atoms. The third-order valence-electron chi connectivity index (χ3n) is 2.18. The molecule has 1 rings (SSSR count). The van der Waals surface area contributed by atoms with E-state index in [1.807, 2.05) is 0 Å². The Labute approximate surface area is 103 Å². The van der Waals surface area contributed by atoms with Gasteiger partial charge in [-0.15, -0.1) is 0 Å². The van der Waals surface area contributed by atoms with Crippen LogP contribution in [0.2, 0.25) is 0 Å². The Kier molecular flexibility index (Phi) is 4.36. The fourth-order valence-electron chi connectivity index (χ4n) is 1.33. The third-order valence-corrected chi connectivity index (χ3v) is 4.11. The van der Waals surface area contributed by atoms with Crippen molar-refractivity contribution >= 4 is 16.0 Å². The summed E-state index contributed by atoms with van der Waals surface area (Å²) in [5.41, 5.74) is 0. The number of carboxylic acid groups (broad SMARTS) is 1. The van der Waals surface area contributed by atoms with Crippen molar-refractivity contribution in [3.63, 3.8) is 0 Å². The van der Waals surface area contributed by atoms with Crippen LogP contribution in [0.15, 0.2) is 23.1 Å². The highest BCUT2D eigenvalue weighted by Gasteiger charge is 2.28. The van der Waals surface area contributed by atoms with Gasteiger partial charge in [0.1, 0.15) is 23.1 Å². The van der Waals surface area contributed by atoms with Crippen LogP contribution in [-0.4, -0.2) is 36.9 Å². The molecule has 0 saturated heterocycles. The summed E-state index contributed by atoms with van der Waals surface area (Å²) in [6.07, 6.45) is 0. The first-order valence-corrected chi connectivity index (χ1v) is 6.40. The quantitative estimate of drug-likeness (QED) is 0.874. The van der Waals surface area contributed by atoms with Crippen molar-refractivity contribution in [2.45, 2.75) is 11.8 Å². The first-order chi connectivity index (χ1) is 8.28. The van der Waals surface area contributed by atoms with Gasteiger partial charge in [-0.25, -0.2) is 17.2 Å². The van der Waals surface area contributed by atoms with E-state index in [1.165, 1.54) is 6.92 Å². The van der Waals surface area contributed by atoms with E-state index in [4.69, 9.17) is 5.11 Å². The number of carboxylic acids is 1. The smallest absolute Gasteiger partial charge is 0.318 e. The van der Waals surface area contributed by atoms with Crippen molar-refractivity contribution in [3.8, 4) is 0 Å². The molecule has 0 amide bonds. The molecule has 1 N–H and O–H groups in total. The van der Waals surface area contributed by atoms with Crippen LogP contribution in [-0.2, 0) is 14.8 Å². The van der Waals surface area contributed by atoms with E-state index in [-0.39, 0.29) is 6.54 Å². The number of hydrogen-bond donors (Lipinski definition) is 1. The number of hydrogen-bond acceptors (Lipinski definition) is 3. The molecule has 18 heavy (non-hydrogen) atoms. The van der Waals surface area contributed by atoms with Crippen LogP contribution in [0.1, 0.15) is 6.92 Å². The van der Waals surface area contributed by atoms with Crippen LogP contribution < -0.4 is 0 Å². The zero-order chi connectivity index (χ0) is 13.9. The summed E-state index contributed by atoms with van der Waals surface area (Å²) in [6.45, 7) is 0.428. The first-order valence-electron chi connectivity index (χ1n) is 4.96. The summed E-state index contributed by atoms with van der Waals surface area (Å²) < 4.78 is 50.7. The summed E-state index contributed by atoms with van der Waals surface area (Å²) in [5.74, 6) is -3.42. The Morgan fingerprint density at radius 3 is 2.50 bits per heavy atom. The number of rotatable bonds is 5. The van der Waals surface area contributed by atoms with E-state index in [1.54, 1.807) is 0 Å². The maximum absolute atomic E-state index is 13.4. The molecule has 0 atom stereocenters. The van der Waals surface area contributed by atoms with Crippen LogP contribution in [0.5, 0.6) is 0 Å². The van der Waals surface area contributed by atoms with E-state index < -0.39 is 39.1 Å². The minimum atomic E-state index is -4.36. The Balaban J connectivity index is 3.26. The second-order valence-electron chi connectivity index (χ2n) is 3.40. The zero-order valence-electron chi connectivity index (χ0n) is 9.43. The lowest BCUT2D eigenvalue weighted by Crippen LogP contribution is -2.35. The van der Waals surface area contributed by atoms with Crippen LogP contribution in [0, 0.1) is 11.6 Å². The molecule has 8 heteroatoms. The zero-order valence-corrected chi connectivity index (χ0v) is 10.2. The molecule has 1 aromatic rings. The maximum atomic E-state index is 13.4. The third kappa shape index (κ3) is 3.02. The van der Waals surface area contributed by atoms with Gasteiger partial charge in [-0.3, -0.25) is 4.79 Å². The summed E-state index contributed by atoms with van der Waals surface area (Å²) in [6, 6.07) is 1.98. The topological polar surface area (TPSA) is 74.7 Å². The van der Waals surface area contributed by atoms with Gasteiger partial charge in [0.2, 0.25) is 10.0 Å². The highest BCUT2D eigenvalue weighted by atomic mass is 32.2. The fraction of sp³-hybridized carbons (Fsp3) is 0.300. The van der Waals surface area contributed by atoms with Gasteiger partial charge < -0.3 is 5.11 Å². The van der Waals surface area contributed by atoms with Crippen LogP contribution in [0.4, 0.5) is 8.78 Å². The highest BCUT2D eigenvalue weighted by Crippen LogP contribution is 2.20. The Morgan fingerprint density at radius 2 is 2.00 bits per heavy atom. The summed E-state index contributed by atoms with van der Waals surface area (Å²) in [5, 5.41) is 8.58. The highest BCUT2D eigenvalue weighted by molar-refractivity contribution is 7.89. The van der Waals surface area contributed by atoms with Crippen molar-refractivity contribution in [1.82, 2.24) is 4.31 Å². The average molecular weight is 279 g/mol. The normalized spacial score (nSPS) is 11.8. The monoisotopic (exact) mass is 279 g/mol. The van der Waals surface area contributed by atoms with Gasteiger partial charge in [0, 0.05) is 6.54 Å². The molecule has 0 heterocycles. The summed E-state index contributed by atoms with van der Waals surface area (Å²) >= 11 is 0. The molecule has 0 aliphatic rings. The van der Waals surface area contributed by atoms with E-state index >= 15 is 0 Å². The van der Waals surface area contributed by atoms with E-state index in [9.17, 15) is 22.0 Å². The van der Waals surface area contributed by atoms with Gasteiger partial charge in [-0.1, -0.05) is 6.92 Å². The number of carbonyl (C=O) groups is 1. The van der Waals surface area contributed by atoms with Gasteiger partial charge in [0.25, 0.3) is 0 Å². The number of benzene rings is 1. The van der Waals surface area contributed by atoms with Gasteiger partial charge in [-0.2, -0.15) is 4.31 Å². The summed E-state index contributed by atoms with van der Waals surface area (Å²) in [4.78, 5) is 9.65. The van der Waals surface area contributed by atoms with Crippen molar-refractivity contribution in [3.05, 3.63) is 29.8 Å². The predicted molar refractivity (Wildman–Crippen MR) is 58.4 cm³/mol. The molecule has 5 nitrogen and oxygen atoms in total. The van der Waals surface area contributed by atoms with Gasteiger partial charge in [0.15, 0.2) is 0 Å². The lowest BCUT2D eigenvalue weighted by molar-refractivity contribution is -0.137. The van der Waals surface area contributed by atoms with Crippen LogP contribution >= 0.6 is 0 Å². The molecule has 100 valence electrons. The minimum Gasteiger partial charge on any atom is -0.480 e. The fourth-order valence-corrected chi connectivity index (χ4v) is 2.81. The largest absolute Gasteiger partial charge is 0.480 e. The standard InChI is InChI=1S/C10H11F2NO4S/c1-2-13(6-10(14)15)18(16,17)9-5-7(11)3-4-8(9)12/h3-5H,2,6H2,1H3,(H,14,15). The summed E-state index contributed by atoms with van der Waals surface area (Å²) in [7, 11) is -4.36. The molecule has 0 saturated carbocycles. The molecule has 0 unspecified atom stereocenters. The van der Waals surface area contributed by atoms with E-state index in [0.29, 0.717) is 16.4 Å². The van der Waals surface area contributed by atoms with Crippen LogP contribution in [0.25, 0.3) is 0 Å². The number of nitrogens with zero attached hydrogens (tertiary/aromatic N) is 1. The predicted octanol–water partition coefficient (Wildman–Crippen LogP) is 1.06.